The number of aromatic nitrogens is 2. The number of anilines is 1. The van der Waals surface area contributed by atoms with Gasteiger partial charge in [-0.05, 0) is 18.9 Å². The van der Waals surface area contributed by atoms with Crippen LogP contribution >= 0.6 is 0 Å². The molecule has 0 unspecified atom stereocenters. The molecule has 86 valence electrons. The Morgan fingerprint density at radius 2 is 2.53 bits per heavy atom. The van der Waals surface area contributed by atoms with Gasteiger partial charge in [-0.25, -0.2) is 4.98 Å². The number of nitrogens with one attached hydrogen (secondary N) is 1. The van der Waals surface area contributed by atoms with Crippen LogP contribution < -0.4 is 5.32 Å². The first-order chi connectivity index (χ1) is 8.29. The zero-order valence-corrected chi connectivity index (χ0v) is 9.60. The number of fused-ring (bicyclic) bond motifs is 1. The number of hydrogen-bond donors (Lipinski definition) is 1. The molecule has 1 N–H and O–H groups in total. The highest BCUT2D eigenvalue weighted by molar-refractivity contribution is 5.54. The number of rotatable bonds is 4. The molecule has 1 aromatic rings. The summed E-state index contributed by atoms with van der Waals surface area (Å²) >= 11 is 0. The average molecular weight is 227 g/mol. The van der Waals surface area contributed by atoms with E-state index in [1.54, 1.807) is 18.4 Å². The van der Waals surface area contributed by atoms with Crippen LogP contribution in [-0.2, 0) is 11.3 Å². The van der Waals surface area contributed by atoms with Crippen LogP contribution in [0.2, 0.25) is 0 Å². The number of allylic oxidation sites excluding steroid dienone is 3. The van der Waals surface area contributed by atoms with Crippen LogP contribution in [0, 0.1) is 12.0 Å². The number of imidazole rings is 1. The Bertz CT molecular complexity index is 541. The number of hydrogen-bond acceptors (Lipinski definition) is 3. The van der Waals surface area contributed by atoms with Gasteiger partial charge in [0.1, 0.15) is 6.61 Å². The Morgan fingerprint density at radius 3 is 3.35 bits per heavy atom. The summed E-state index contributed by atoms with van der Waals surface area (Å²) in [5.74, 6) is 3.65. The van der Waals surface area contributed by atoms with E-state index < -0.39 is 0 Å². The quantitative estimate of drug-likeness (QED) is 0.487. The van der Waals surface area contributed by atoms with Crippen molar-refractivity contribution in [2.24, 2.45) is 0 Å². The lowest BCUT2D eigenvalue weighted by Gasteiger charge is -1.96. The molecule has 1 aliphatic heterocycles. The second kappa shape index (κ2) is 5.08. The zero-order chi connectivity index (χ0) is 12.1. The van der Waals surface area contributed by atoms with Gasteiger partial charge in [-0.1, -0.05) is 12.7 Å². The first-order valence-electron chi connectivity index (χ1n) is 5.22. The topological polar surface area (TPSA) is 39.1 Å². The monoisotopic (exact) mass is 227 g/mol. The van der Waals surface area contributed by atoms with E-state index in [0.717, 1.165) is 11.3 Å². The van der Waals surface area contributed by atoms with E-state index in [2.05, 4.69) is 28.8 Å². The van der Waals surface area contributed by atoms with Crippen molar-refractivity contribution in [3.05, 3.63) is 42.5 Å². The standard InChI is InChI=1S/C13H13N3O/c1-3-4-7-17-10-12-9-16-8-11(2)5-6-14-13(16)15-12/h3-4,7-9H,1,10H2,2H3,(H,14,15)/b7-4+. The third-order valence-electron chi connectivity index (χ3n) is 2.09. The predicted octanol–water partition coefficient (Wildman–Crippen LogP) is 2.35. The van der Waals surface area contributed by atoms with E-state index in [1.807, 2.05) is 23.9 Å². The van der Waals surface area contributed by atoms with E-state index in [0.29, 0.717) is 12.6 Å². The summed E-state index contributed by atoms with van der Waals surface area (Å²) in [6, 6.07) is 2.82. The van der Waals surface area contributed by atoms with Gasteiger partial charge in [0.2, 0.25) is 5.95 Å². The first-order valence-corrected chi connectivity index (χ1v) is 5.22. The molecule has 0 radical (unpaired) electrons. The van der Waals surface area contributed by atoms with Gasteiger partial charge in [0.25, 0.3) is 0 Å². The third kappa shape index (κ3) is 2.79. The maximum Gasteiger partial charge on any atom is 0.219 e. The minimum Gasteiger partial charge on any atom is -0.495 e. The Balaban J connectivity index is 2.09. The lowest BCUT2D eigenvalue weighted by molar-refractivity contribution is 0.233. The van der Waals surface area contributed by atoms with Crippen LogP contribution in [0.3, 0.4) is 0 Å². The fraction of sp³-hybridized carbons (Fsp3) is 0.154. The lowest BCUT2D eigenvalue weighted by Crippen LogP contribution is -1.94. The Labute approximate surface area is 100 Å². The Morgan fingerprint density at radius 1 is 1.65 bits per heavy atom. The van der Waals surface area contributed by atoms with Gasteiger partial charge in [-0.2, -0.15) is 0 Å². The molecule has 0 spiro atoms. The van der Waals surface area contributed by atoms with Gasteiger partial charge in [0.15, 0.2) is 0 Å². The molecule has 0 aromatic carbocycles. The van der Waals surface area contributed by atoms with Crippen molar-refractivity contribution in [1.82, 2.24) is 9.55 Å². The highest BCUT2D eigenvalue weighted by Gasteiger charge is 2.07. The van der Waals surface area contributed by atoms with E-state index in [9.17, 15) is 0 Å². The molecule has 0 saturated heterocycles. The van der Waals surface area contributed by atoms with Crippen molar-refractivity contribution in [1.29, 1.82) is 0 Å². The SMILES string of the molecule is C=C/C=C/OCc1cn2c(n1)NC#CC(C)=C2. The van der Waals surface area contributed by atoms with Crippen LogP contribution in [-0.4, -0.2) is 9.55 Å². The highest BCUT2D eigenvalue weighted by Crippen LogP contribution is 2.13. The largest absolute Gasteiger partial charge is 0.495 e. The average Bonchev–Trinajstić information content (AvgIpc) is 2.59. The summed E-state index contributed by atoms with van der Waals surface area (Å²) in [5, 5.41) is 2.93. The summed E-state index contributed by atoms with van der Waals surface area (Å²) in [4.78, 5) is 4.36. The van der Waals surface area contributed by atoms with Crippen LogP contribution in [0.5, 0.6) is 0 Å². The van der Waals surface area contributed by atoms with Gasteiger partial charge in [-0.3, -0.25) is 9.88 Å². The van der Waals surface area contributed by atoms with Crippen molar-refractivity contribution in [3.8, 4) is 12.0 Å². The van der Waals surface area contributed by atoms with Crippen molar-refractivity contribution < 1.29 is 4.74 Å². The van der Waals surface area contributed by atoms with E-state index >= 15 is 0 Å². The molecule has 17 heavy (non-hydrogen) atoms. The van der Waals surface area contributed by atoms with Gasteiger partial charge in [-0.15, -0.1) is 0 Å². The van der Waals surface area contributed by atoms with Crippen LogP contribution in [0.25, 0.3) is 6.20 Å². The summed E-state index contributed by atoms with van der Waals surface area (Å²) in [7, 11) is 0. The van der Waals surface area contributed by atoms with E-state index in [4.69, 9.17) is 4.74 Å². The molecule has 4 heteroatoms. The fourth-order valence-electron chi connectivity index (χ4n) is 1.38. The first kappa shape index (κ1) is 11.1. The molecule has 2 rings (SSSR count). The lowest BCUT2D eigenvalue weighted by atomic mass is 10.3. The van der Waals surface area contributed by atoms with Gasteiger partial charge < -0.3 is 4.74 Å². The molecule has 0 bridgehead atoms. The van der Waals surface area contributed by atoms with Crippen molar-refractivity contribution in [2.45, 2.75) is 13.5 Å². The zero-order valence-electron chi connectivity index (χ0n) is 9.60. The summed E-state index contributed by atoms with van der Waals surface area (Å²) in [6.07, 6.45) is 8.81. The Kier molecular flexibility index (Phi) is 3.31. The van der Waals surface area contributed by atoms with Gasteiger partial charge in [0.05, 0.1) is 12.0 Å². The summed E-state index contributed by atoms with van der Waals surface area (Å²) in [6.45, 7) is 5.93. The summed E-state index contributed by atoms with van der Waals surface area (Å²) in [5.41, 5.74) is 1.82. The Hall–Kier alpha value is -2.41. The molecule has 4 nitrogen and oxygen atoms in total. The molecule has 0 saturated carbocycles. The number of nitrogens with zero attached hydrogens (tertiary/aromatic N) is 2. The molecule has 0 aliphatic carbocycles. The minimum absolute atomic E-state index is 0.423. The minimum atomic E-state index is 0.423. The molecule has 1 aliphatic rings. The molecule has 0 atom stereocenters. The molecule has 0 amide bonds. The molecule has 2 heterocycles. The molecular weight excluding hydrogens is 214 g/mol. The van der Waals surface area contributed by atoms with Gasteiger partial charge in [0, 0.05) is 24.0 Å². The van der Waals surface area contributed by atoms with Crippen LogP contribution in [0.15, 0.2) is 36.8 Å². The van der Waals surface area contributed by atoms with Gasteiger partial charge >= 0.3 is 0 Å². The molecule has 0 fully saturated rings. The second-order valence-corrected chi connectivity index (χ2v) is 3.53. The van der Waals surface area contributed by atoms with E-state index in [-0.39, 0.29) is 0 Å². The smallest absolute Gasteiger partial charge is 0.219 e. The molecular formula is C13H13N3O. The van der Waals surface area contributed by atoms with Crippen LogP contribution in [0.1, 0.15) is 12.6 Å². The third-order valence-corrected chi connectivity index (χ3v) is 2.09. The van der Waals surface area contributed by atoms with Crippen molar-refractivity contribution in [2.75, 3.05) is 5.32 Å². The summed E-state index contributed by atoms with van der Waals surface area (Å²) < 4.78 is 7.17. The normalized spacial score (nSPS) is 12.9. The van der Waals surface area contributed by atoms with Crippen molar-refractivity contribution >= 4 is 12.1 Å². The van der Waals surface area contributed by atoms with Crippen LogP contribution in [0.4, 0.5) is 5.95 Å². The van der Waals surface area contributed by atoms with Crippen molar-refractivity contribution in [3.63, 3.8) is 0 Å². The number of ether oxygens (including phenoxy) is 1. The maximum atomic E-state index is 5.28. The fourth-order valence-corrected chi connectivity index (χ4v) is 1.38. The second-order valence-electron chi connectivity index (χ2n) is 3.53. The predicted molar refractivity (Wildman–Crippen MR) is 67.7 cm³/mol. The molecule has 1 aromatic heterocycles. The van der Waals surface area contributed by atoms with E-state index in [1.165, 1.54) is 0 Å². The maximum absolute atomic E-state index is 5.28. The highest BCUT2D eigenvalue weighted by atomic mass is 16.5.